The van der Waals surface area contributed by atoms with Crippen LogP contribution >= 0.6 is 0 Å². The summed E-state index contributed by atoms with van der Waals surface area (Å²) < 4.78 is 0. The molecule has 0 aromatic heterocycles. The third kappa shape index (κ3) is 4.69. The highest BCUT2D eigenvalue weighted by Gasteiger charge is 2.35. The number of nitrogens with one attached hydrogen (secondary N) is 1. The molecule has 0 bridgehead atoms. The molecule has 1 heterocycles. The molecule has 5 rings (SSSR count). The number of nitrogens with zero attached hydrogens (tertiary/aromatic N) is 3. The van der Waals surface area contributed by atoms with Crippen molar-refractivity contribution in [1.29, 1.82) is 5.26 Å². The van der Waals surface area contributed by atoms with Gasteiger partial charge in [-0.05, 0) is 65.6 Å². The minimum Gasteiger partial charge on any atom is -0.505 e. The summed E-state index contributed by atoms with van der Waals surface area (Å²) in [6.07, 6.45) is 0. The number of hydrogen-bond acceptors (Lipinski definition) is 6. The molecular weight excluding hydrogens is 492 g/mol. The number of carbonyl (C=O) groups is 2. The highest BCUT2D eigenvalue weighted by molar-refractivity contribution is 6.55. The highest BCUT2D eigenvalue weighted by atomic mass is 16.4. The number of carboxylic acid groups (broad SMARTS) is 1. The Balaban J connectivity index is 1.52. The van der Waals surface area contributed by atoms with E-state index in [-0.39, 0.29) is 28.6 Å². The Morgan fingerprint density at radius 1 is 0.974 bits per heavy atom. The Hall–Kier alpha value is -5.42. The lowest BCUT2D eigenvalue weighted by Crippen LogP contribution is -2.26. The number of para-hydroxylation sites is 1. The van der Waals surface area contributed by atoms with E-state index in [9.17, 15) is 25.1 Å². The smallest absolute Gasteiger partial charge is 0.335 e. The topological polar surface area (TPSA) is 126 Å². The lowest BCUT2D eigenvalue weighted by Gasteiger charge is -2.18. The van der Waals surface area contributed by atoms with Crippen molar-refractivity contribution in [3.05, 3.63) is 107 Å². The Morgan fingerprint density at radius 3 is 2.41 bits per heavy atom. The number of nitriles is 1. The maximum atomic E-state index is 13.6. The van der Waals surface area contributed by atoms with Crippen LogP contribution in [0, 0.1) is 11.3 Å². The quantitative estimate of drug-likeness (QED) is 0.205. The summed E-state index contributed by atoms with van der Waals surface area (Å²) in [5.41, 5.74) is 7.48. The fraction of sp³-hybridized carbons (Fsp3) is 0.0968. The molecule has 4 aromatic carbocycles. The van der Waals surface area contributed by atoms with Gasteiger partial charge in [-0.1, -0.05) is 50.2 Å². The zero-order valence-electron chi connectivity index (χ0n) is 21.2. The van der Waals surface area contributed by atoms with Crippen LogP contribution in [-0.4, -0.2) is 27.8 Å². The minimum absolute atomic E-state index is 0.0944. The number of anilines is 3. The van der Waals surface area contributed by atoms with E-state index in [4.69, 9.17) is 0 Å². The predicted octanol–water partition coefficient (Wildman–Crippen LogP) is 6.25. The number of carboxylic acids is 1. The summed E-state index contributed by atoms with van der Waals surface area (Å²) in [6, 6.07) is 26.0. The Morgan fingerprint density at radius 2 is 1.72 bits per heavy atom. The van der Waals surface area contributed by atoms with Crippen molar-refractivity contribution in [3.8, 4) is 22.9 Å². The molecule has 0 unspecified atom stereocenters. The number of fused-ring (bicyclic) bond motifs is 1. The van der Waals surface area contributed by atoms with Crippen molar-refractivity contribution in [2.24, 2.45) is 5.10 Å². The zero-order valence-corrected chi connectivity index (χ0v) is 21.2. The van der Waals surface area contributed by atoms with Crippen molar-refractivity contribution >= 4 is 34.7 Å². The summed E-state index contributed by atoms with van der Waals surface area (Å²) >= 11 is 0. The molecule has 1 amide bonds. The molecule has 0 saturated carbocycles. The molecule has 0 fully saturated rings. The van der Waals surface area contributed by atoms with Crippen LogP contribution in [0.1, 0.15) is 46.8 Å². The van der Waals surface area contributed by atoms with Gasteiger partial charge in [0, 0.05) is 16.8 Å². The van der Waals surface area contributed by atoms with Crippen molar-refractivity contribution in [2.75, 3.05) is 10.3 Å². The third-order valence-electron chi connectivity index (χ3n) is 6.59. The lowest BCUT2D eigenvalue weighted by molar-refractivity contribution is -0.111. The number of aromatic carboxylic acids is 1. The number of phenols is 1. The van der Waals surface area contributed by atoms with Gasteiger partial charge in [0.2, 0.25) is 0 Å². The first-order valence-corrected chi connectivity index (χ1v) is 12.3. The van der Waals surface area contributed by atoms with E-state index in [1.54, 1.807) is 48.5 Å². The number of hydrogen-bond donors (Lipinski definition) is 3. The van der Waals surface area contributed by atoms with Crippen molar-refractivity contribution in [3.63, 3.8) is 0 Å². The van der Waals surface area contributed by atoms with Gasteiger partial charge in [0.25, 0.3) is 5.91 Å². The first kappa shape index (κ1) is 25.2. The maximum Gasteiger partial charge on any atom is 0.335 e. The molecule has 0 radical (unpaired) electrons. The molecule has 0 aliphatic carbocycles. The summed E-state index contributed by atoms with van der Waals surface area (Å²) in [5, 5.41) is 34.1. The number of rotatable bonds is 6. The van der Waals surface area contributed by atoms with Gasteiger partial charge >= 0.3 is 5.97 Å². The van der Waals surface area contributed by atoms with E-state index in [1.165, 1.54) is 17.0 Å². The van der Waals surface area contributed by atoms with E-state index in [2.05, 4.69) is 30.4 Å². The van der Waals surface area contributed by atoms with Crippen molar-refractivity contribution < 1.29 is 19.8 Å². The van der Waals surface area contributed by atoms with Crippen LogP contribution in [0.3, 0.4) is 0 Å². The van der Waals surface area contributed by atoms with Crippen LogP contribution in [0.15, 0.2) is 90.0 Å². The van der Waals surface area contributed by atoms with Crippen LogP contribution in [0.2, 0.25) is 0 Å². The molecule has 4 aromatic rings. The minimum atomic E-state index is -1.07. The molecule has 0 saturated heterocycles. The number of hydrazone groups is 1. The van der Waals surface area contributed by atoms with Gasteiger partial charge in [-0.2, -0.15) is 10.4 Å². The molecule has 3 N–H and O–H groups in total. The molecular formula is C31H24N4O4. The van der Waals surface area contributed by atoms with Crippen LogP contribution < -0.4 is 10.3 Å². The fourth-order valence-electron chi connectivity index (χ4n) is 4.49. The van der Waals surface area contributed by atoms with Gasteiger partial charge in [0.15, 0.2) is 5.71 Å². The SMILES string of the molecule is CC(C)c1ccc(N2C(=O)/C(=N\Nc3cccc(-c4cccc(C(=O)O)c4)c3O)c3ccc(C#N)cc32)cc1. The Bertz CT molecular complexity index is 1680. The molecule has 8 heteroatoms. The number of aromatic hydroxyl groups is 1. The maximum absolute atomic E-state index is 13.6. The molecule has 39 heavy (non-hydrogen) atoms. The van der Waals surface area contributed by atoms with Gasteiger partial charge in [-0.15, -0.1) is 0 Å². The summed E-state index contributed by atoms with van der Waals surface area (Å²) in [4.78, 5) is 26.5. The van der Waals surface area contributed by atoms with Crippen molar-refractivity contribution in [2.45, 2.75) is 19.8 Å². The highest BCUT2D eigenvalue weighted by Crippen LogP contribution is 2.39. The van der Waals surface area contributed by atoms with Crippen LogP contribution in [0.4, 0.5) is 17.1 Å². The number of benzene rings is 4. The van der Waals surface area contributed by atoms with E-state index >= 15 is 0 Å². The average molecular weight is 517 g/mol. The van der Waals surface area contributed by atoms with E-state index in [1.807, 2.05) is 24.3 Å². The van der Waals surface area contributed by atoms with Crippen LogP contribution in [0.25, 0.3) is 11.1 Å². The standard InChI is InChI=1S/C31H24N4O4/c1-18(2)20-10-12-23(13-11-20)35-27-15-19(17-32)9-14-25(27)28(30(35)37)34-33-26-8-4-7-24(29(26)36)21-5-3-6-22(16-21)31(38)39/h3-16,18,33,36H,1-2H3,(H,38,39)/b34-28-. The number of phenolic OH excluding ortho intramolecular Hbond substituents is 1. The predicted molar refractivity (Wildman–Crippen MR) is 149 cm³/mol. The summed E-state index contributed by atoms with van der Waals surface area (Å²) in [5.74, 6) is -1.26. The van der Waals surface area contributed by atoms with Crippen LogP contribution in [0.5, 0.6) is 5.75 Å². The summed E-state index contributed by atoms with van der Waals surface area (Å²) in [6.45, 7) is 4.18. The van der Waals surface area contributed by atoms with Gasteiger partial charge in [0.05, 0.1) is 28.6 Å². The van der Waals surface area contributed by atoms with Crippen molar-refractivity contribution in [1.82, 2.24) is 0 Å². The second-order valence-corrected chi connectivity index (χ2v) is 9.39. The molecule has 192 valence electrons. The van der Waals surface area contributed by atoms with Gasteiger partial charge in [-0.3, -0.25) is 15.1 Å². The Kier molecular flexibility index (Phi) is 6.57. The molecule has 8 nitrogen and oxygen atoms in total. The molecule has 0 atom stereocenters. The second kappa shape index (κ2) is 10.1. The molecule has 1 aliphatic rings. The first-order chi connectivity index (χ1) is 18.8. The second-order valence-electron chi connectivity index (χ2n) is 9.39. The Labute approximate surface area is 225 Å². The summed E-state index contributed by atoms with van der Waals surface area (Å²) in [7, 11) is 0. The van der Waals surface area contributed by atoms with Gasteiger partial charge in [-0.25, -0.2) is 4.79 Å². The molecule has 0 spiro atoms. The van der Waals surface area contributed by atoms with E-state index in [0.717, 1.165) is 5.56 Å². The number of amides is 1. The van der Waals surface area contributed by atoms with Gasteiger partial charge in [0.1, 0.15) is 5.75 Å². The molecule has 1 aliphatic heterocycles. The van der Waals surface area contributed by atoms with E-state index < -0.39 is 5.97 Å². The zero-order chi connectivity index (χ0) is 27.7. The normalized spacial score (nSPS) is 13.4. The van der Waals surface area contributed by atoms with E-state index in [0.29, 0.717) is 39.5 Å². The average Bonchev–Trinajstić information content (AvgIpc) is 3.22. The third-order valence-corrected chi connectivity index (χ3v) is 6.59. The fourth-order valence-corrected chi connectivity index (χ4v) is 4.49. The van der Waals surface area contributed by atoms with Gasteiger partial charge < -0.3 is 10.2 Å². The number of carbonyl (C=O) groups excluding carboxylic acids is 1. The lowest BCUT2D eigenvalue weighted by atomic mass is 10.0. The monoisotopic (exact) mass is 516 g/mol. The van der Waals surface area contributed by atoms with Crippen LogP contribution in [-0.2, 0) is 4.79 Å². The first-order valence-electron chi connectivity index (χ1n) is 12.3. The largest absolute Gasteiger partial charge is 0.505 e.